The molecule has 0 aromatic heterocycles. The van der Waals surface area contributed by atoms with E-state index in [0.717, 1.165) is 55.9 Å². The Hall–Kier alpha value is -2.12. The van der Waals surface area contributed by atoms with Crippen molar-refractivity contribution in [3.63, 3.8) is 0 Å². The van der Waals surface area contributed by atoms with Gasteiger partial charge < -0.3 is 20.0 Å². The van der Waals surface area contributed by atoms with Crippen LogP contribution in [-0.4, -0.2) is 61.7 Å². The predicted molar refractivity (Wildman–Crippen MR) is 87.6 cm³/mol. The van der Waals surface area contributed by atoms with Crippen molar-refractivity contribution < 1.29 is 19.5 Å². The van der Waals surface area contributed by atoms with Crippen LogP contribution in [0.5, 0.6) is 5.75 Å². The Labute approximate surface area is 135 Å². The maximum absolute atomic E-state index is 11.4. The molecule has 23 heavy (non-hydrogen) atoms. The van der Waals surface area contributed by atoms with Crippen LogP contribution in [0.4, 0.5) is 5.69 Å². The van der Waals surface area contributed by atoms with Gasteiger partial charge in [0.15, 0.2) is 0 Å². The lowest BCUT2D eigenvalue weighted by Crippen LogP contribution is -2.38. The number of ether oxygens (including phenoxy) is 2. The fourth-order valence-electron chi connectivity index (χ4n) is 2.41. The van der Waals surface area contributed by atoms with Crippen LogP contribution in [0.15, 0.2) is 17.3 Å². The molecule has 0 aliphatic carbocycles. The van der Waals surface area contributed by atoms with Gasteiger partial charge >= 0.3 is 0 Å². The molecule has 7 nitrogen and oxygen atoms in total. The summed E-state index contributed by atoms with van der Waals surface area (Å²) in [4.78, 5) is 13.8. The van der Waals surface area contributed by atoms with Crippen molar-refractivity contribution in [2.75, 3.05) is 44.8 Å². The molecule has 1 amide bonds. The van der Waals surface area contributed by atoms with Crippen LogP contribution >= 0.6 is 0 Å². The number of carbonyl (C=O) groups excluding carboxylic acids is 1. The number of hydrogen-bond acceptors (Lipinski definition) is 6. The van der Waals surface area contributed by atoms with E-state index < -0.39 is 5.91 Å². The highest BCUT2D eigenvalue weighted by atomic mass is 16.5. The normalized spacial score (nSPS) is 15.7. The third kappa shape index (κ3) is 5.22. The molecule has 1 heterocycles. The van der Waals surface area contributed by atoms with Crippen molar-refractivity contribution in [3.8, 4) is 5.75 Å². The van der Waals surface area contributed by atoms with E-state index in [1.54, 1.807) is 0 Å². The Bertz CT molecular complexity index is 569. The van der Waals surface area contributed by atoms with Crippen molar-refractivity contribution >= 4 is 17.8 Å². The van der Waals surface area contributed by atoms with Crippen LogP contribution in [0.3, 0.4) is 0 Å². The Morgan fingerprint density at radius 1 is 1.39 bits per heavy atom. The van der Waals surface area contributed by atoms with Crippen LogP contribution in [0.25, 0.3) is 0 Å². The summed E-state index contributed by atoms with van der Waals surface area (Å²) in [6, 6.07) is 3.75. The number of nitrogens with zero attached hydrogens (tertiary/aromatic N) is 2. The van der Waals surface area contributed by atoms with Crippen LogP contribution in [0, 0.1) is 13.8 Å². The highest BCUT2D eigenvalue weighted by Crippen LogP contribution is 2.26. The summed E-state index contributed by atoms with van der Waals surface area (Å²) in [7, 11) is 0. The molecule has 0 unspecified atom stereocenters. The van der Waals surface area contributed by atoms with E-state index in [9.17, 15) is 4.79 Å². The molecule has 1 aliphatic heterocycles. The summed E-state index contributed by atoms with van der Waals surface area (Å²) in [6.07, 6.45) is 0.821. The highest BCUT2D eigenvalue weighted by molar-refractivity contribution is 6.31. The van der Waals surface area contributed by atoms with E-state index in [2.05, 4.69) is 15.4 Å². The monoisotopic (exact) mass is 321 g/mol. The van der Waals surface area contributed by atoms with Gasteiger partial charge in [0, 0.05) is 25.3 Å². The highest BCUT2D eigenvalue weighted by Gasteiger charge is 2.11. The summed E-state index contributed by atoms with van der Waals surface area (Å²) in [5, 5.41) is 13.7. The molecule has 0 radical (unpaired) electrons. The quantitative estimate of drug-likeness (QED) is 0.470. The lowest BCUT2D eigenvalue weighted by Gasteiger charge is -2.26. The first kappa shape index (κ1) is 17.2. The van der Waals surface area contributed by atoms with E-state index >= 15 is 0 Å². The van der Waals surface area contributed by atoms with Crippen molar-refractivity contribution in [1.82, 2.24) is 4.90 Å². The van der Waals surface area contributed by atoms with E-state index in [1.165, 1.54) is 0 Å². The number of morpholine rings is 1. The van der Waals surface area contributed by atoms with Gasteiger partial charge in [-0.15, -0.1) is 0 Å². The van der Waals surface area contributed by atoms with Gasteiger partial charge in [-0.05, 0) is 37.1 Å². The number of oxime groups is 1. The summed E-state index contributed by atoms with van der Waals surface area (Å²) < 4.78 is 11.2. The summed E-state index contributed by atoms with van der Waals surface area (Å²) in [5.41, 5.74) is 2.50. The second kappa shape index (κ2) is 8.50. The molecule has 2 N–H and O–H groups in total. The minimum atomic E-state index is -0.476. The molecular weight excluding hydrogens is 298 g/mol. The number of hydrogen-bond donors (Lipinski definition) is 2. The van der Waals surface area contributed by atoms with E-state index in [1.807, 2.05) is 26.0 Å². The second-order valence-corrected chi connectivity index (χ2v) is 5.47. The molecule has 2 rings (SSSR count). The number of anilines is 1. The number of rotatable bonds is 6. The SMILES string of the molecule is Cc1cc(OCCN2CCOCC2)c(C)cc1NC(=O)C=NO. The fourth-order valence-corrected chi connectivity index (χ4v) is 2.41. The molecular formula is C16H23N3O4. The number of benzene rings is 1. The molecule has 1 aromatic rings. The fraction of sp³-hybridized carbons (Fsp3) is 0.500. The number of carbonyl (C=O) groups is 1. The van der Waals surface area contributed by atoms with Gasteiger partial charge in [0.05, 0.1) is 13.2 Å². The molecule has 0 saturated carbocycles. The first-order chi connectivity index (χ1) is 11.1. The lowest BCUT2D eigenvalue weighted by molar-refractivity contribution is -0.110. The van der Waals surface area contributed by atoms with E-state index in [0.29, 0.717) is 12.3 Å². The molecule has 1 aromatic carbocycles. The lowest BCUT2D eigenvalue weighted by atomic mass is 10.1. The van der Waals surface area contributed by atoms with Gasteiger partial charge in [0.2, 0.25) is 0 Å². The number of aryl methyl sites for hydroxylation is 2. The first-order valence-corrected chi connectivity index (χ1v) is 7.62. The average molecular weight is 321 g/mol. The average Bonchev–Trinajstić information content (AvgIpc) is 2.53. The molecule has 1 aliphatic rings. The van der Waals surface area contributed by atoms with Gasteiger partial charge in [0.25, 0.3) is 5.91 Å². The van der Waals surface area contributed by atoms with Crippen molar-refractivity contribution in [2.45, 2.75) is 13.8 Å². The van der Waals surface area contributed by atoms with Gasteiger partial charge in [0.1, 0.15) is 18.6 Å². The Balaban J connectivity index is 1.92. The number of amides is 1. The zero-order valence-electron chi connectivity index (χ0n) is 13.5. The third-order valence-electron chi connectivity index (χ3n) is 3.72. The third-order valence-corrected chi connectivity index (χ3v) is 3.72. The molecule has 126 valence electrons. The largest absolute Gasteiger partial charge is 0.492 e. The molecule has 0 spiro atoms. The molecule has 7 heteroatoms. The Kier molecular flexibility index (Phi) is 6.37. The van der Waals surface area contributed by atoms with Crippen LogP contribution in [0.2, 0.25) is 0 Å². The summed E-state index contributed by atoms with van der Waals surface area (Å²) >= 11 is 0. The van der Waals surface area contributed by atoms with Crippen molar-refractivity contribution in [3.05, 3.63) is 23.3 Å². The van der Waals surface area contributed by atoms with Crippen molar-refractivity contribution in [2.24, 2.45) is 5.16 Å². The van der Waals surface area contributed by atoms with E-state index in [4.69, 9.17) is 14.7 Å². The van der Waals surface area contributed by atoms with Crippen LogP contribution < -0.4 is 10.1 Å². The maximum atomic E-state index is 11.4. The minimum Gasteiger partial charge on any atom is -0.492 e. The topological polar surface area (TPSA) is 83.4 Å². The zero-order chi connectivity index (χ0) is 16.7. The summed E-state index contributed by atoms with van der Waals surface area (Å²) in [5.74, 6) is 0.334. The smallest absolute Gasteiger partial charge is 0.270 e. The van der Waals surface area contributed by atoms with Gasteiger partial charge in [-0.2, -0.15) is 0 Å². The first-order valence-electron chi connectivity index (χ1n) is 7.62. The molecule has 0 bridgehead atoms. The number of nitrogens with one attached hydrogen (secondary N) is 1. The maximum Gasteiger partial charge on any atom is 0.270 e. The van der Waals surface area contributed by atoms with E-state index in [-0.39, 0.29) is 0 Å². The second-order valence-electron chi connectivity index (χ2n) is 5.47. The molecule has 1 fully saturated rings. The zero-order valence-corrected chi connectivity index (χ0v) is 13.5. The minimum absolute atomic E-state index is 0.476. The van der Waals surface area contributed by atoms with Crippen molar-refractivity contribution in [1.29, 1.82) is 0 Å². The van der Waals surface area contributed by atoms with Crippen LogP contribution in [-0.2, 0) is 9.53 Å². The van der Waals surface area contributed by atoms with Crippen LogP contribution in [0.1, 0.15) is 11.1 Å². The Morgan fingerprint density at radius 3 is 2.83 bits per heavy atom. The molecule has 1 saturated heterocycles. The Morgan fingerprint density at radius 2 is 2.13 bits per heavy atom. The van der Waals surface area contributed by atoms with Gasteiger partial charge in [-0.3, -0.25) is 9.69 Å². The standard InChI is InChI=1S/C16H23N3O4/c1-12-10-15(23-8-5-19-3-6-22-7-4-19)13(2)9-14(12)18-16(20)11-17-21/h9-11,21H,3-8H2,1-2H3,(H,18,20). The summed E-state index contributed by atoms with van der Waals surface area (Å²) in [6.45, 7) is 8.75. The molecule has 0 atom stereocenters. The van der Waals surface area contributed by atoms with Gasteiger partial charge in [-0.25, -0.2) is 0 Å². The van der Waals surface area contributed by atoms with Gasteiger partial charge in [-0.1, -0.05) is 5.16 Å². The predicted octanol–water partition coefficient (Wildman–Crippen LogP) is 1.41.